The highest BCUT2D eigenvalue weighted by Crippen LogP contribution is 2.44. The Kier molecular flexibility index (Phi) is 5.23. The molecule has 3 N–H and O–H groups in total. The van der Waals surface area contributed by atoms with Crippen molar-refractivity contribution in [3.63, 3.8) is 0 Å². The van der Waals surface area contributed by atoms with Gasteiger partial charge >= 0.3 is 0 Å². The van der Waals surface area contributed by atoms with E-state index in [0.29, 0.717) is 31.9 Å². The molecule has 108 valence electrons. The largest absolute Gasteiger partial charge is 0.504 e. The van der Waals surface area contributed by atoms with Crippen LogP contribution in [-0.4, -0.2) is 32.0 Å². The zero-order chi connectivity index (χ0) is 14.5. The molecule has 0 radical (unpaired) electrons. The van der Waals surface area contributed by atoms with Crippen LogP contribution in [0.2, 0.25) is 0 Å². The van der Waals surface area contributed by atoms with Crippen molar-refractivity contribution in [1.29, 1.82) is 0 Å². The van der Waals surface area contributed by atoms with Gasteiger partial charge in [0.1, 0.15) is 6.61 Å². The van der Waals surface area contributed by atoms with Crippen LogP contribution in [-0.2, 0) is 11.2 Å². The summed E-state index contributed by atoms with van der Waals surface area (Å²) in [4.78, 5) is 0. The lowest BCUT2D eigenvalue weighted by molar-refractivity contribution is 0.144. The molecule has 0 amide bonds. The number of rotatable bonds is 6. The number of methoxy groups -OCH3 is 1. The first kappa shape index (κ1) is 15.1. The first-order chi connectivity index (χ1) is 9.70. The van der Waals surface area contributed by atoms with Crippen LogP contribution >= 0.6 is 15.9 Å². The van der Waals surface area contributed by atoms with Crippen molar-refractivity contribution in [3.8, 4) is 11.5 Å². The van der Waals surface area contributed by atoms with Gasteiger partial charge in [0, 0.05) is 18.1 Å². The monoisotopic (exact) mass is 339 g/mol. The lowest BCUT2D eigenvalue weighted by Gasteiger charge is -2.16. The molecule has 0 fully saturated rings. The summed E-state index contributed by atoms with van der Waals surface area (Å²) in [6.07, 6.45) is 0.597. The Morgan fingerprint density at radius 1 is 1.20 bits per heavy atom. The maximum atomic E-state index is 10.4. The molecule has 4 nitrogen and oxygen atoms in total. The van der Waals surface area contributed by atoms with Gasteiger partial charge in [0.2, 0.25) is 0 Å². The van der Waals surface area contributed by atoms with E-state index in [1.54, 1.807) is 7.11 Å². The van der Waals surface area contributed by atoms with Gasteiger partial charge in [-0.25, -0.2) is 0 Å². The first-order valence-corrected chi connectivity index (χ1v) is 7.23. The van der Waals surface area contributed by atoms with Gasteiger partial charge in [-0.1, -0.05) is 24.3 Å². The Bertz CT molecular complexity index is 601. The zero-order valence-electron chi connectivity index (χ0n) is 11.4. The zero-order valence-corrected chi connectivity index (χ0v) is 12.9. The third kappa shape index (κ3) is 2.90. The van der Waals surface area contributed by atoms with Crippen LogP contribution in [0, 0.1) is 0 Å². The molecule has 0 unspecified atom stereocenters. The fourth-order valence-electron chi connectivity index (χ4n) is 2.18. The number of phenols is 1. The van der Waals surface area contributed by atoms with E-state index in [9.17, 15) is 5.11 Å². The van der Waals surface area contributed by atoms with Gasteiger partial charge < -0.3 is 20.3 Å². The highest BCUT2D eigenvalue weighted by atomic mass is 79.9. The molecule has 0 aliphatic carbocycles. The molecular weight excluding hydrogens is 322 g/mol. The number of aromatic hydroxyl groups is 1. The number of halogens is 1. The second-order valence-electron chi connectivity index (χ2n) is 4.40. The topological polar surface area (TPSA) is 64.7 Å². The van der Waals surface area contributed by atoms with Crippen LogP contribution in [0.4, 0.5) is 0 Å². The number of phenolic OH excluding ortho intramolecular Hbond substituents is 1. The summed E-state index contributed by atoms with van der Waals surface area (Å²) in [7, 11) is 1.61. The number of ether oxygens (including phenoxy) is 2. The van der Waals surface area contributed by atoms with Gasteiger partial charge in [-0.3, -0.25) is 0 Å². The Balaban J connectivity index is 2.56. The quantitative estimate of drug-likeness (QED) is 0.794. The number of hydrogen-bond donors (Lipinski definition) is 2. The summed E-state index contributed by atoms with van der Waals surface area (Å²) in [5, 5.41) is 12.4. The smallest absolute Gasteiger partial charge is 0.176 e. The van der Waals surface area contributed by atoms with Crippen LogP contribution in [0.25, 0.3) is 10.8 Å². The summed E-state index contributed by atoms with van der Waals surface area (Å²) in [5.41, 5.74) is 6.46. The molecule has 0 saturated heterocycles. The first-order valence-electron chi connectivity index (χ1n) is 6.44. The highest BCUT2D eigenvalue weighted by Gasteiger charge is 2.18. The third-order valence-electron chi connectivity index (χ3n) is 3.12. The van der Waals surface area contributed by atoms with E-state index in [1.807, 2.05) is 24.3 Å². The summed E-state index contributed by atoms with van der Waals surface area (Å²) in [6, 6.07) is 7.86. The summed E-state index contributed by atoms with van der Waals surface area (Å²) in [6.45, 7) is 1.31. The fraction of sp³-hybridized carbons (Fsp3) is 0.333. The molecule has 2 rings (SSSR count). The number of nitrogens with two attached hydrogens (primary N) is 1. The maximum Gasteiger partial charge on any atom is 0.176 e. The molecule has 2 aromatic rings. The average Bonchev–Trinajstić information content (AvgIpc) is 2.47. The van der Waals surface area contributed by atoms with Gasteiger partial charge in [0.25, 0.3) is 0 Å². The van der Waals surface area contributed by atoms with E-state index < -0.39 is 0 Å². The fourth-order valence-corrected chi connectivity index (χ4v) is 2.83. The van der Waals surface area contributed by atoms with Crippen molar-refractivity contribution < 1.29 is 14.6 Å². The third-order valence-corrected chi connectivity index (χ3v) is 3.90. The highest BCUT2D eigenvalue weighted by molar-refractivity contribution is 9.10. The Labute approximate surface area is 126 Å². The lowest BCUT2D eigenvalue weighted by atomic mass is 10.0. The second kappa shape index (κ2) is 6.92. The second-order valence-corrected chi connectivity index (χ2v) is 5.19. The van der Waals surface area contributed by atoms with Crippen molar-refractivity contribution >= 4 is 26.7 Å². The molecule has 2 aromatic carbocycles. The van der Waals surface area contributed by atoms with Gasteiger partial charge in [-0.2, -0.15) is 0 Å². The van der Waals surface area contributed by atoms with Crippen molar-refractivity contribution in [1.82, 2.24) is 0 Å². The molecule has 0 aliphatic rings. The van der Waals surface area contributed by atoms with E-state index in [0.717, 1.165) is 20.8 Å². The van der Waals surface area contributed by atoms with Gasteiger partial charge in [-0.05, 0) is 34.3 Å². The minimum absolute atomic E-state index is 0.150. The Hall–Kier alpha value is -1.30. The molecule has 0 aliphatic heterocycles. The van der Waals surface area contributed by atoms with Gasteiger partial charge in [0.15, 0.2) is 11.5 Å². The molecule has 0 spiro atoms. The number of benzene rings is 2. The Morgan fingerprint density at radius 2 is 1.90 bits per heavy atom. The molecular formula is C15H18BrNO3. The summed E-state index contributed by atoms with van der Waals surface area (Å²) < 4.78 is 11.4. The van der Waals surface area contributed by atoms with Crippen LogP contribution in [0.15, 0.2) is 28.7 Å². The van der Waals surface area contributed by atoms with E-state index >= 15 is 0 Å². The van der Waals surface area contributed by atoms with Crippen molar-refractivity contribution in [2.45, 2.75) is 6.42 Å². The van der Waals surface area contributed by atoms with E-state index in [2.05, 4.69) is 15.9 Å². The SMILES string of the molecule is COCCOc1c(O)c(CCN)c2ccccc2c1Br. The molecule has 0 saturated carbocycles. The lowest BCUT2D eigenvalue weighted by Crippen LogP contribution is -2.07. The minimum atomic E-state index is 0.150. The molecule has 0 atom stereocenters. The maximum absolute atomic E-state index is 10.4. The van der Waals surface area contributed by atoms with Crippen LogP contribution in [0.3, 0.4) is 0 Å². The van der Waals surface area contributed by atoms with Crippen LogP contribution < -0.4 is 10.5 Å². The minimum Gasteiger partial charge on any atom is -0.504 e. The van der Waals surface area contributed by atoms with Gasteiger partial charge in [0.05, 0.1) is 11.1 Å². The van der Waals surface area contributed by atoms with Gasteiger partial charge in [-0.15, -0.1) is 0 Å². The predicted molar refractivity (Wildman–Crippen MR) is 83.4 cm³/mol. The predicted octanol–water partition coefficient (Wildman–Crippen LogP) is 2.83. The average molecular weight is 340 g/mol. The van der Waals surface area contributed by atoms with E-state index in [-0.39, 0.29) is 5.75 Å². The normalized spacial score (nSPS) is 10.9. The standard InChI is InChI=1S/C15H18BrNO3/c1-19-8-9-20-15-13(16)11-5-3-2-4-10(11)12(6-7-17)14(15)18/h2-5,18H,6-9,17H2,1H3. The number of hydrogen-bond acceptors (Lipinski definition) is 4. The summed E-state index contributed by atoms with van der Waals surface area (Å²) in [5.74, 6) is 0.598. The summed E-state index contributed by atoms with van der Waals surface area (Å²) >= 11 is 3.51. The molecule has 0 heterocycles. The molecule has 0 aromatic heterocycles. The number of fused-ring (bicyclic) bond motifs is 1. The van der Waals surface area contributed by atoms with E-state index in [1.165, 1.54) is 0 Å². The van der Waals surface area contributed by atoms with Crippen LogP contribution in [0.5, 0.6) is 11.5 Å². The van der Waals surface area contributed by atoms with Crippen LogP contribution in [0.1, 0.15) is 5.56 Å². The molecule has 0 bridgehead atoms. The van der Waals surface area contributed by atoms with Crippen molar-refractivity contribution in [2.75, 3.05) is 26.9 Å². The molecule has 5 heteroatoms. The Morgan fingerprint density at radius 3 is 2.55 bits per heavy atom. The van der Waals surface area contributed by atoms with Crippen molar-refractivity contribution in [3.05, 3.63) is 34.3 Å². The van der Waals surface area contributed by atoms with Crippen molar-refractivity contribution in [2.24, 2.45) is 5.73 Å². The van der Waals surface area contributed by atoms with E-state index in [4.69, 9.17) is 15.2 Å². The molecule has 20 heavy (non-hydrogen) atoms.